The van der Waals surface area contributed by atoms with Gasteiger partial charge in [0.05, 0.1) is 12.6 Å². The van der Waals surface area contributed by atoms with E-state index < -0.39 is 5.72 Å². The minimum Gasteiger partial charge on any atom is -0.382 e. The lowest BCUT2D eigenvalue weighted by atomic mass is 10.1. The molecule has 0 saturated carbocycles. The summed E-state index contributed by atoms with van der Waals surface area (Å²) in [5.41, 5.74) is -1.02. The summed E-state index contributed by atoms with van der Waals surface area (Å²) in [5.74, 6) is 0. The first-order valence-electron chi connectivity index (χ1n) is 6.15. The van der Waals surface area contributed by atoms with Gasteiger partial charge in [0, 0.05) is 7.11 Å². The molecular formula is C12H26N2O2. The van der Waals surface area contributed by atoms with E-state index in [2.05, 4.69) is 17.2 Å². The molecule has 0 aromatic rings. The second kappa shape index (κ2) is 8.65. The average Bonchev–Trinajstić information content (AvgIpc) is 2.22. The molecule has 4 heteroatoms. The van der Waals surface area contributed by atoms with E-state index in [9.17, 15) is 5.11 Å². The zero-order chi connectivity index (χ0) is 12.4. The van der Waals surface area contributed by atoms with Crippen LogP contribution < -0.4 is 0 Å². The molecule has 0 aliphatic heterocycles. The molecule has 0 aliphatic carbocycles. The highest BCUT2D eigenvalue weighted by Gasteiger charge is 2.18. The number of aliphatic hydroxyl groups is 1. The Morgan fingerprint density at radius 3 is 2.56 bits per heavy atom. The molecule has 0 spiro atoms. The Kier molecular flexibility index (Phi) is 8.39. The Hall–Kier alpha value is -0.480. The molecule has 2 atom stereocenters. The van der Waals surface area contributed by atoms with Crippen LogP contribution in [0.3, 0.4) is 0 Å². The molecular weight excluding hydrogens is 204 g/mol. The fourth-order valence-electron chi connectivity index (χ4n) is 1.43. The molecule has 0 aliphatic rings. The SMILES string of the molecule is CCCCCCC(C)(O)N=NC(C)COC. The standard InChI is InChI=1S/C12H26N2O2/c1-5-6-7-8-9-12(3,15)14-13-11(2)10-16-4/h11,15H,5-10H2,1-4H3. The lowest BCUT2D eigenvalue weighted by molar-refractivity contribution is 0.0468. The van der Waals surface area contributed by atoms with Gasteiger partial charge in [-0.15, -0.1) is 0 Å². The van der Waals surface area contributed by atoms with Crippen molar-refractivity contribution < 1.29 is 9.84 Å². The normalized spacial score (nSPS) is 17.6. The van der Waals surface area contributed by atoms with Crippen LogP contribution in [0.2, 0.25) is 0 Å². The van der Waals surface area contributed by atoms with Crippen LogP contribution in [-0.4, -0.2) is 30.6 Å². The quantitative estimate of drug-likeness (QED) is 0.488. The third-order valence-electron chi connectivity index (χ3n) is 2.38. The lowest BCUT2D eigenvalue weighted by Crippen LogP contribution is -2.21. The molecule has 0 aromatic carbocycles. The Balaban J connectivity index is 3.83. The van der Waals surface area contributed by atoms with Gasteiger partial charge in [0.1, 0.15) is 0 Å². The summed E-state index contributed by atoms with van der Waals surface area (Å²) in [4.78, 5) is 0. The van der Waals surface area contributed by atoms with E-state index in [1.165, 1.54) is 12.8 Å². The van der Waals surface area contributed by atoms with Crippen LogP contribution in [0.25, 0.3) is 0 Å². The van der Waals surface area contributed by atoms with Crippen LogP contribution in [0.15, 0.2) is 10.2 Å². The maximum absolute atomic E-state index is 9.93. The monoisotopic (exact) mass is 230 g/mol. The lowest BCUT2D eigenvalue weighted by Gasteiger charge is -2.17. The predicted molar refractivity (Wildman–Crippen MR) is 65.6 cm³/mol. The second-order valence-corrected chi connectivity index (χ2v) is 4.55. The smallest absolute Gasteiger partial charge is 0.173 e. The molecule has 4 nitrogen and oxygen atoms in total. The van der Waals surface area contributed by atoms with E-state index in [1.807, 2.05) is 6.92 Å². The van der Waals surface area contributed by atoms with Crippen molar-refractivity contribution in [3.63, 3.8) is 0 Å². The highest BCUT2D eigenvalue weighted by Crippen LogP contribution is 2.17. The van der Waals surface area contributed by atoms with Crippen LogP contribution >= 0.6 is 0 Å². The van der Waals surface area contributed by atoms with Gasteiger partial charge in [-0.1, -0.05) is 26.2 Å². The van der Waals surface area contributed by atoms with Crippen LogP contribution in [0.1, 0.15) is 52.9 Å². The molecule has 0 rings (SSSR count). The van der Waals surface area contributed by atoms with Gasteiger partial charge < -0.3 is 9.84 Å². The van der Waals surface area contributed by atoms with E-state index in [0.717, 1.165) is 12.8 Å². The number of azo groups is 1. The first kappa shape index (κ1) is 15.5. The summed E-state index contributed by atoms with van der Waals surface area (Å²) in [7, 11) is 1.63. The molecule has 0 heterocycles. The summed E-state index contributed by atoms with van der Waals surface area (Å²) in [6.45, 7) is 6.34. The van der Waals surface area contributed by atoms with E-state index in [0.29, 0.717) is 13.0 Å². The van der Waals surface area contributed by atoms with Gasteiger partial charge in [-0.2, -0.15) is 10.2 Å². The third-order valence-corrected chi connectivity index (χ3v) is 2.38. The van der Waals surface area contributed by atoms with Gasteiger partial charge in [-0.05, 0) is 26.7 Å². The molecule has 0 bridgehead atoms. The van der Waals surface area contributed by atoms with E-state index >= 15 is 0 Å². The first-order valence-corrected chi connectivity index (χ1v) is 6.15. The molecule has 16 heavy (non-hydrogen) atoms. The Bertz CT molecular complexity index is 193. The molecule has 0 amide bonds. The number of methoxy groups -OCH3 is 1. The highest BCUT2D eigenvalue weighted by atomic mass is 16.5. The van der Waals surface area contributed by atoms with Gasteiger partial charge in [0.25, 0.3) is 0 Å². The van der Waals surface area contributed by atoms with Crippen molar-refractivity contribution in [3.05, 3.63) is 0 Å². The molecule has 0 radical (unpaired) electrons. The largest absolute Gasteiger partial charge is 0.382 e. The zero-order valence-corrected chi connectivity index (χ0v) is 11.1. The minimum absolute atomic E-state index is 0.00659. The molecule has 0 saturated heterocycles. The average molecular weight is 230 g/mol. The molecule has 2 unspecified atom stereocenters. The molecule has 96 valence electrons. The van der Waals surface area contributed by atoms with Crippen molar-refractivity contribution in [2.45, 2.75) is 64.6 Å². The van der Waals surface area contributed by atoms with Crippen molar-refractivity contribution in [1.82, 2.24) is 0 Å². The third kappa shape index (κ3) is 8.80. The van der Waals surface area contributed by atoms with Gasteiger partial charge >= 0.3 is 0 Å². The van der Waals surface area contributed by atoms with Crippen LogP contribution in [0.4, 0.5) is 0 Å². The summed E-state index contributed by atoms with van der Waals surface area (Å²) < 4.78 is 4.95. The molecule has 0 fully saturated rings. The fourth-order valence-corrected chi connectivity index (χ4v) is 1.43. The van der Waals surface area contributed by atoms with Crippen molar-refractivity contribution >= 4 is 0 Å². The van der Waals surface area contributed by atoms with Crippen LogP contribution in [0.5, 0.6) is 0 Å². The minimum atomic E-state index is -1.02. The predicted octanol–water partition coefficient (Wildman–Crippen LogP) is 3.15. The van der Waals surface area contributed by atoms with Crippen LogP contribution in [-0.2, 0) is 4.74 Å². The van der Waals surface area contributed by atoms with E-state index in [4.69, 9.17) is 4.74 Å². The van der Waals surface area contributed by atoms with Gasteiger partial charge in [-0.3, -0.25) is 0 Å². The van der Waals surface area contributed by atoms with Crippen molar-refractivity contribution in [1.29, 1.82) is 0 Å². The Labute approximate surface area is 99.1 Å². The number of rotatable bonds is 9. The number of hydrogen-bond donors (Lipinski definition) is 1. The summed E-state index contributed by atoms with van der Waals surface area (Å²) >= 11 is 0. The Morgan fingerprint density at radius 2 is 2.00 bits per heavy atom. The second-order valence-electron chi connectivity index (χ2n) is 4.55. The Morgan fingerprint density at radius 1 is 1.31 bits per heavy atom. The molecule has 0 aromatic heterocycles. The molecule has 1 N–H and O–H groups in total. The van der Waals surface area contributed by atoms with Crippen LogP contribution in [0, 0.1) is 0 Å². The van der Waals surface area contributed by atoms with Gasteiger partial charge in [0.2, 0.25) is 0 Å². The number of hydrogen-bond acceptors (Lipinski definition) is 4. The number of ether oxygens (including phenoxy) is 1. The first-order chi connectivity index (χ1) is 7.52. The fraction of sp³-hybridized carbons (Fsp3) is 1.00. The van der Waals surface area contributed by atoms with E-state index in [1.54, 1.807) is 14.0 Å². The number of unbranched alkanes of at least 4 members (excludes halogenated alkanes) is 3. The summed E-state index contributed by atoms with van der Waals surface area (Å²) in [5, 5.41) is 17.9. The summed E-state index contributed by atoms with van der Waals surface area (Å²) in [6, 6.07) is 0.00659. The van der Waals surface area contributed by atoms with Crippen molar-refractivity contribution in [3.8, 4) is 0 Å². The van der Waals surface area contributed by atoms with E-state index in [-0.39, 0.29) is 6.04 Å². The maximum Gasteiger partial charge on any atom is 0.173 e. The topological polar surface area (TPSA) is 54.2 Å². The van der Waals surface area contributed by atoms with Crippen molar-refractivity contribution in [2.24, 2.45) is 10.2 Å². The number of nitrogens with zero attached hydrogens (tertiary/aromatic N) is 2. The maximum atomic E-state index is 9.93. The highest BCUT2D eigenvalue weighted by molar-refractivity contribution is 4.68. The van der Waals surface area contributed by atoms with Crippen molar-refractivity contribution in [2.75, 3.05) is 13.7 Å². The summed E-state index contributed by atoms with van der Waals surface area (Å²) in [6.07, 6.45) is 5.24. The zero-order valence-electron chi connectivity index (χ0n) is 11.1. The van der Waals surface area contributed by atoms with Gasteiger partial charge in [-0.25, -0.2) is 0 Å². The van der Waals surface area contributed by atoms with Gasteiger partial charge in [0.15, 0.2) is 5.72 Å².